The van der Waals surface area contributed by atoms with Gasteiger partial charge in [-0.1, -0.05) is 5.43 Å². The van der Waals surface area contributed by atoms with Gasteiger partial charge in [0.05, 0.1) is 3.57 Å². The molecule has 1 aromatic heterocycles. The Hall–Kier alpha value is -0.920. The summed E-state index contributed by atoms with van der Waals surface area (Å²) < 4.78 is 0.724. The molecule has 0 atom stereocenters. The standard InChI is InChI=1S/C5H4IN3O2/c6-4-2-1-3-7-5(4)8-9(10)11/h1-3H,(H,7,8). The summed E-state index contributed by atoms with van der Waals surface area (Å²) in [6.45, 7) is 0. The summed E-state index contributed by atoms with van der Waals surface area (Å²) in [6.07, 6.45) is 1.49. The number of rotatable bonds is 2. The molecule has 0 amide bonds. The summed E-state index contributed by atoms with van der Waals surface area (Å²) >= 11 is 1.96. The van der Waals surface area contributed by atoms with Gasteiger partial charge in [0.15, 0.2) is 5.03 Å². The third kappa shape index (κ3) is 2.30. The molecule has 6 heteroatoms. The Kier molecular flexibility index (Phi) is 2.58. The number of anilines is 1. The number of nitro groups is 1. The largest absolute Gasteiger partial charge is 0.234 e. The predicted octanol–water partition coefficient (Wildman–Crippen LogP) is 1.29. The van der Waals surface area contributed by atoms with Crippen LogP contribution in [0.2, 0.25) is 0 Å². The van der Waals surface area contributed by atoms with Crippen LogP contribution in [0.25, 0.3) is 0 Å². The van der Waals surface area contributed by atoms with Crippen molar-refractivity contribution in [2.45, 2.75) is 0 Å². The molecule has 0 aliphatic rings. The minimum Gasteiger partial charge on any atom is -0.234 e. The zero-order valence-electron chi connectivity index (χ0n) is 5.32. The van der Waals surface area contributed by atoms with Gasteiger partial charge in [0.25, 0.3) is 0 Å². The lowest BCUT2D eigenvalue weighted by Crippen LogP contribution is -2.10. The molecule has 1 N–H and O–H groups in total. The van der Waals surface area contributed by atoms with Crippen molar-refractivity contribution >= 4 is 28.4 Å². The highest BCUT2D eigenvalue weighted by molar-refractivity contribution is 14.1. The first kappa shape index (κ1) is 8.18. The topological polar surface area (TPSA) is 68.1 Å². The van der Waals surface area contributed by atoms with Crippen molar-refractivity contribution in [3.8, 4) is 0 Å². The minimum atomic E-state index is -0.634. The lowest BCUT2D eigenvalue weighted by atomic mass is 10.5. The van der Waals surface area contributed by atoms with Crippen LogP contribution in [0.5, 0.6) is 0 Å². The maximum Gasteiger partial charge on any atom is 0.204 e. The molecule has 1 rings (SSSR count). The molecule has 5 nitrogen and oxygen atoms in total. The highest BCUT2D eigenvalue weighted by Gasteiger charge is 2.03. The van der Waals surface area contributed by atoms with Crippen LogP contribution in [-0.4, -0.2) is 10.0 Å². The van der Waals surface area contributed by atoms with E-state index in [1.165, 1.54) is 6.20 Å². The van der Waals surface area contributed by atoms with E-state index in [0.29, 0.717) is 0 Å². The number of nitrogens with one attached hydrogen (secondary N) is 1. The van der Waals surface area contributed by atoms with Gasteiger partial charge in [-0.25, -0.2) is 15.1 Å². The smallest absolute Gasteiger partial charge is 0.204 e. The lowest BCUT2D eigenvalue weighted by Gasteiger charge is -1.96. The quantitative estimate of drug-likeness (QED) is 0.497. The Labute approximate surface area is 76.1 Å². The van der Waals surface area contributed by atoms with Crippen LogP contribution in [0.1, 0.15) is 0 Å². The SMILES string of the molecule is O=[N+]([O-])Nc1ncccc1I. The summed E-state index contributed by atoms with van der Waals surface area (Å²) in [4.78, 5) is 13.7. The van der Waals surface area contributed by atoms with E-state index in [0.717, 1.165) is 3.57 Å². The second kappa shape index (κ2) is 3.46. The first-order valence-electron chi connectivity index (χ1n) is 2.71. The molecule has 1 aromatic rings. The molecule has 0 bridgehead atoms. The van der Waals surface area contributed by atoms with Gasteiger partial charge < -0.3 is 0 Å². The molecule has 0 aliphatic heterocycles. The molecule has 1 heterocycles. The van der Waals surface area contributed by atoms with Gasteiger partial charge in [0.1, 0.15) is 0 Å². The van der Waals surface area contributed by atoms with Crippen LogP contribution in [0.15, 0.2) is 18.3 Å². The average molecular weight is 265 g/mol. The van der Waals surface area contributed by atoms with Gasteiger partial charge in [-0.15, -0.1) is 0 Å². The number of pyridine rings is 1. The summed E-state index contributed by atoms with van der Waals surface area (Å²) in [5, 5.41) is 9.34. The van der Waals surface area contributed by atoms with E-state index in [1.54, 1.807) is 12.1 Å². The van der Waals surface area contributed by atoms with Crippen LogP contribution in [0, 0.1) is 13.7 Å². The van der Waals surface area contributed by atoms with E-state index in [2.05, 4.69) is 4.98 Å². The monoisotopic (exact) mass is 265 g/mol. The van der Waals surface area contributed by atoms with E-state index in [4.69, 9.17) is 0 Å². The van der Waals surface area contributed by atoms with Crippen LogP contribution in [-0.2, 0) is 0 Å². The third-order valence-electron chi connectivity index (χ3n) is 0.956. The molecule has 0 aromatic carbocycles. The van der Waals surface area contributed by atoms with Gasteiger partial charge in [0.2, 0.25) is 5.82 Å². The van der Waals surface area contributed by atoms with Crippen LogP contribution in [0.3, 0.4) is 0 Å². The number of halogens is 1. The van der Waals surface area contributed by atoms with E-state index in [9.17, 15) is 10.1 Å². The maximum absolute atomic E-state index is 9.97. The molecule has 11 heavy (non-hydrogen) atoms. The van der Waals surface area contributed by atoms with E-state index >= 15 is 0 Å². The van der Waals surface area contributed by atoms with Gasteiger partial charge in [0, 0.05) is 6.20 Å². The number of hydrazine groups is 1. The van der Waals surface area contributed by atoms with E-state index in [1.807, 2.05) is 28.0 Å². The molecule has 0 spiro atoms. The van der Waals surface area contributed by atoms with Gasteiger partial charge >= 0.3 is 0 Å². The molecule has 0 unspecified atom stereocenters. The van der Waals surface area contributed by atoms with Gasteiger partial charge in [-0.05, 0) is 34.7 Å². The summed E-state index contributed by atoms with van der Waals surface area (Å²) in [5.41, 5.74) is 1.98. The van der Waals surface area contributed by atoms with Crippen LogP contribution < -0.4 is 5.43 Å². The van der Waals surface area contributed by atoms with E-state index < -0.39 is 5.03 Å². The number of hydrogen-bond donors (Lipinski definition) is 1. The van der Waals surface area contributed by atoms with Crippen LogP contribution in [0.4, 0.5) is 5.82 Å². The highest BCUT2D eigenvalue weighted by atomic mass is 127. The molecule has 58 valence electrons. The Balaban J connectivity index is 2.86. The Morgan fingerprint density at radius 3 is 3.00 bits per heavy atom. The second-order valence-electron chi connectivity index (χ2n) is 1.70. The van der Waals surface area contributed by atoms with Crippen molar-refractivity contribution in [2.24, 2.45) is 0 Å². The normalized spacial score (nSPS) is 9.18. The summed E-state index contributed by atoms with van der Waals surface area (Å²) in [6, 6.07) is 3.45. The van der Waals surface area contributed by atoms with Crippen LogP contribution >= 0.6 is 22.6 Å². The Bertz CT molecular complexity index is 278. The van der Waals surface area contributed by atoms with Gasteiger partial charge in [-0.2, -0.15) is 0 Å². The molecule has 0 aliphatic carbocycles. The maximum atomic E-state index is 9.97. The zero-order valence-corrected chi connectivity index (χ0v) is 7.48. The minimum absolute atomic E-state index is 0.276. The molecule has 0 saturated carbocycles. The average Bonchev–Trinajstić information content (AvgIpc) is 1.93. The Morgan fingerprint density at radius 1 is 1.73 bits per heavy atom. The predicted molar refractivity (Wildman–Crippen MR) is 47.6 cm³/mol. The number of hydrogen-bond acceptors (Lipinski definition) is 3. The third-order valence-corrected chi connectivity index (χ3v) is 1.83. The lowest BCUT2D eigenvalue weighted by molar-refractivity contribution is -0.445. The molecule has 0 saturated heterocycles. The fourth-order valence-electron chi connectivity index (χ4n) is 0.554. The first-order chi connectivity index (χ1) is 5.20. The van der Waals surface area contributed by atoms with E-state index in [-0.39, 0.29) is 5.82 Å². The Morgan fingerprint density at radius 2 is 2.45 bits per heavy atom. The van der Waals surface area contributed by atoms with Gasteiger partial charge in [-0.3, -0.25) is 0 Å². The van der Waals surface area contributed by atoms with Crippen molar-refractivity contribution in [2.75, 3.05) is 5.43 Å². The molecular formula is C5H4IN3O2. The highest BCUT2D eigenvalue weighted by Crippen LogP contribution is 2.12. The molecular weight excluding hydrogens is 261 g/mol. The summed E-state index contributed by atoms with van der Waals surface area (Å²) in [5.74, 6) is 0.276. The van der Waals surface area contributed by atoms with Crippen molar-refractivity contribution in [3.63, 3.8) is 0 Å². The zero-order chi connectivity index (χ0) is 8.27. The first-order valence-corrected chi connectivity index (χ1v) is 3.79. The van der Waals surface area contributed by atoms with Crippen molar-refractivity contribution in [3.05, 3.63) is 32.0 Å². The molecule has 0 radical (unpaired) electrons. The van der Waals surface area contributed by atoms with Crippen molar-refractivity contribution in [1.82, 2.24) is 4.98 Å². The molecule has 0 fully saturated rings. The van der Waals surface area contributed by atoms with Crippen molar-refractivity contribution < 1.29 is 5.03 Å². The number of nitrogens with zero attached hydrogens (tertiary/aromatic N) is 2. The van der Waals surface area contributed by atoms with Crippen molar-refractivity contribution in [1.29, 1.82) is 0 Å². The fraction of sp³-hybridized carbons (Fsp3) is 0. The second-order valence-corrected chi connectivity index (χ2v) is 2.86. The summed E-state index contributed by atoms with van der Waals surface area (Å²) in [7, 11) is 0. The fourth-order valence-corrected chi connectivity index (χ4v) is 1.02. The number of aromatic nitrogens is 1.